The molecule has 0 atom stereocenters. The quantitative estimate of drug-likeness (QED) is 0.726. The maximum atomic E-state index is 5.16. The Morgan fingerprint density at radius 1 is 1.17 bits per heavy atom. The fourth-order valence-corrected chi connectivity index (χ4v) is 2.13. The zero-order valence-corrected chi connectivity index (χ0v) is 11.3. The van der Waals surface area contributed by atoms with Gasteiger partial charge in [-0.2, -0.15) is 0 Å². The second-order valence-corrected chi connectivity index (χ2v) is 4.48. The van der Waals surface area contributed by atoms with E-state index in [1.54, 1.807) is 14.2 Å². The minimum atomic E-state index is 0.724. The van der Waals surface area contributed by atoms with Crippen LogP contribution in [0.4, 0.5) is 0 Å². The van der Waals surface area contributed by atoms with Crippen LogP contribution in [0.15, 0.2) is 24.5 Å². The molecule has 1 aromatic carbocycles. The maximum absolute atomic E-state index is 5.16. The summed E-state index contributed by atoms with van der Waals surface area (Å²) < 4.78 is 14.8. The third-order valence-electron chi connectivity index (χ3n) is 3.10. The van der Waals surface area contributed by atoms with Crippen LogP contribution in [0.2, 0.25) is 0 Å². The molecule has 4 heteroatoms. The molecular weight excluding hydrogens is 228 g/mol. The van der Waals surface area contributed by atoms with Gasteiger partial charge in [-0.25, -0.2) is 9.13 Å². The minimum Gasteiger partial charge on any atom is -0.381 e. The van der Waals surface area contributed by atoms with Crippen molar-refractivity contribution < 1.29 is 14.0 Å². The molecule has 0 aliphatic carbocycles. The van der Waals surface area contributed by atoms with Crippen molar-refractivity contribution in [1.82, 2.24) is 4.57 Å². The van der Waals surface area contributed by atoms with Gasteiger partial charge in [0.25, 0.3) is 0 Å². The van der Waals surface area contributed by atoms with Crippen LogP contribution in [0, 0.1) is 6.92 Å². The number of hydrogen-bond acceptors (Lipinski definition) is 2. The summed E-state index contributed by atoms with van der Waals surface area (Å²) in [5.41, 5.74) is 3.77. The van der Waals surface area contributed by atoms with Crippen LogP contribution in [0.3, 0.4) is 0 Å². The SMILES string of the molecule is COCCn1c[n+](CCOC)c2ccc(C)cc21. The van der Waals surface area contributed by atoms with Crippen LogP contribution in [-0.2, 0) is 22.6 Å². The predicted molar refractivity (Wildman–Crippen MR) is 70.6 cm³/mol. The molecule has 0 fully saturated rings. The van der Waals surface area contributed by atoms with Crippen molar-refractivity contribution in [3.63, 3.8) is 0 Å². The molecule has 1 heterocycles. The van der Waals surface area contributed by atoms with E-state index in [9.17, 15) is 0 Å². The number of benzene rings is 1. The number of nitrogens with zero attached hydrogens (tertiary/aromatic N) is 2. The number of fused-ring (bicyclic) bond motifs is 1. The van der Waals surface area contributed by atoms with Crippen LogP contribution in [0.5, 0.6) is 0 Å². The summed E-state index contributed by atoms with van der Waals surface area (Å²) in [6.45, 7) is 5.31. The zero-order chi connectivity index (χ0) is 13.0. The third-order valence-corrected chi connectivity index (χ3v) is 3.10. The van der Waals surface area contributed by atoms with Crippen molar-refractivity contribution in [2.24, 2.45) is 0 Å². The Balaban J connectivity index is 2.39. The van der Waals surface area contributed by atoms with E-state index in [4.69, 9.17) is 9.47 Å². The molecular formula is C14H21N2O2+. The molecule has 0 aliphatic rings. The van der Waals surface area contributed by atoms with Gasteiger partial charge >= 0.3 is 0 Å². The van der Waals surface area contributed by atoms with E-state index in [1.807, 2.05) is 0 Å². The Kier molecular flexibility index (Phi) is 4.33. The Hall–Kier alpha value is -1.39. The van der Waals surface area contributed by atoms with Gasteiger partial charge in [0, 0.05) is 14.2 Å². The summed E-state index contributed by atoms with van der Waals surface area (Å²) in [6, 6.07) is 6.53. The van der Waals surface area contributed by atoms with Crippen LogP contribution in [-0.4, -0.2) is 32.0 Å². The van der Waals surface area contributed by atoms with Crippen molar-refractivity contribution >= 4 is 11.0 Å². The lowest BCUT2D eigenvalue weighted by molar-refractivity contribution is -0.673. The molecule has 2 rings (SSSR count). The molecule has 0 saturated carbocycles. The van der Waals surface area contributed by atoms with Gasteiger partial charge in [0.15, 0.2) is 11.0 Å². The van der Waals surface area contributed by atoms with E-state index in [0.29, 0.717) is 0 Å². The molecule has 2 aromatic rings. The second kappa shape index (κ2) is 5.98. The number of imidazole rings is 1. The summed E-state index contributed by atoms with van der Waals surface area (Å²) in [6.07, 6.45) is 2.14. The lowest BCUT2D eigenvalue weighted by Gasteiger charge is -1.97. The first-order valence-corrected chi connectivity index (χ1v) is 6.23. The van der Waals surface area contributed by atoms with Crippen LogP contribution < -0.4 is 4.57 Å². The van der Waals surface area contributed by atoms with E-state index < -0.39 is 0 Å². The Morgan fingerprint density at radius 2 is 1.94 bits per heavy atom. The average Bonchev–Trinajstić information content (AvgIpc) is 2.71. The molecule has 0 unspecified atom stereocenters. The molecule has 0 bridgehead atoms. The normalized spacial score (nSPS) is 11.3. The van der Waals surface area contributed by atoms with Crippen molar-refractivity contribution in [3.05, 3.63) is 30.1 Å². The number of rotatable bonds is 6. The molecule has 1 aromatic heterocycles. The minimum absolute atomic E-state index is 0.724. The van der Waals surface area contributed by atoms with Gasteiger partial charge in [-0.15, -0.1) is 0 Å². The van der Waals surface area contributed by atoms with E-state index in [0.717, 1.165) is 26.3 Å². The average molecular weight is 249 g/mol. The highest BCUT2D eigenvalue weighted by Crippen LogP contribution is 2.13. The molecule has 0 spiro atoms. The molecule has 98 valence electrons. The predicted octanol–water partition coefficient (Wildman–Crippen LogP) is 1.53. The molecule has 18 heavy (non-hydrogen) atoms. The Morgan fingerprint density at radius 3 is 2.67 bits per heavy atom. The second-order valence-electron chi connectivity index (χ2n) is 4.48. The first-order valence-electron chi connectivity index (χ1n) is 6.23. The highest BCUT2D eigenvalue weighted by atomic mass is 16.5. The number of ether oxygens (including phenoxy) is 2. The van der Waals surface area contributed by atoms with Crippen LogP contribution >= 0.6 is 0 Å². The fourth-order valence-electron chi connectivity index (χ4n) is 2.13. The molecule has 0 saturated heterocycles. The molecule has 0 radical (unpaired) electrons. The van der Waals surface area contributed by atoms with E-state index >= 15 is 0 Å². The highest BCUT2D eigenvalue weighted by molar-refractivity contribution is 5.72. The standard InChI is InChI=1S/C14H21N2O2/c1-12-4-5-13-14(10-12)16(7-9-18-3)11-15(13)6-8-17-2/h4-5,10-11H,6-9H2,1-3H3/q+1. The number of hydrogen-bond donors (Lipinski definition) is 0. The summed E-state index contributed by atoms with van der Waals surface area (Å²) in [5, 5.41) is 0. The van der Waals surface area contributed by atoms with Gasteiger partial charge in [0.2, 0.25) is 6.33 Å². The van der Waals surface area contributed by atoms with Crippen LogP contribution in [0.25, 0.3) is 11.0 Å². The van der Waals surface area contributed by atoms with E-state index in [-0.39, 0.29) is 0 Å². The number of aromatic nitrogens is 2. The highest BCUT2D eigenvalue weighted by Gasteiger charge is 2.15. The van der Waals surface area contributed by atoms with Gasteiger partial charge in [-0.05, 0) is 24.6 Å². The molecule has 0 aliphatic heterocycles. The first-order chi connectivity index (χ1) is 8.76. The zero-order valence-electron chi connectivity index (χ0n) is 11.3. The van der Waals surface area contributed by atoms with Gasteiger partial charge in [0.1, 0.15) is 13.1 Å². The van der Waals surface area contributed by atoms with E-state index in [2.05, 4.69) is 40.6 Å². The van der Waals surface area contributed by atoms with Crippen LogP contribution in [0.1, 0.15) is 5.56 Å². The molecule has 0 N–H and O–H groups in total. The van der Waals surface area contributed by atoms with E-state index in [1.165, 1.54) is 16.6 Å². The van der Waals surface area contributed by atoms with Crippen molar-refractivity contribution in [1.29, 1.82) is 0 Å². The number of aryl methyl sites for hydroxylation is 1. The smallest absolute Gasteiger partial charge is 0.244 e. The monoisotopic (exact) mass is 249 g/mol. The van der Waals surface area contributed by atoms with Crippen molar-refractivity contribution in [2.45, 2.75) is 20.0 Å². The lowest BCUT2D eigenvalue weighted by Crippen LogP contribution is -2.34. The Labute approximate surface area is 108 Å². The summed E-state index contributed by atoms with van der Waals surface area (Å²) in [5.74, 6) is 0. The summed E-state index contributed by atoms with van der Waals surface area (Å²) in [4.78, 5) is 0. The molecule has 0 amide bonds. The van der Waals surface area contributed by atoms with Gasteiger partial charge in [-0.3, -0.25) is 0 Å². The summed E-state index contributed by atoms with van der Waals surface area (Å²) in [7, 11) is 3.46. The molecule has 4 nitrogen and oxygen atoms in total. The third kappa shape index (κ3) is 2.71. The Bertz CT molecular complexity index is 520. The van der Waals surface area contributed by atoms with Crippen molar-refractivity contribution in [2.75, 3.05) is 27.4 Å². The summed E-state index contributed by atoms with van der Waals surface area (Å²) >= 11 is 0. The topological polar surface area (TPSA) is 27.3 Å². The van der Waals surface area contributed by atoms with Gasteiger partial charge in [-0.1, -0.05) is 6.07 Å². The fraction of sp³-hybridized carbons (Fsp3) is 0.500. The number of methoxy groups -OCH3 is 2. The largest absolute Gasteiger partial charge is 0.381 e. The van der Waals surface area contributed by atoms with Gasteiger partial charge in [0.05, 0.1) is 13.2 Å². The first kappa shape index (κ1) is 13.1. The van der Waals surface area contributed by atoms with Crippen molar-refractivity contribution in [3.8, 4) is 0 Å². The van der Waals surface area contributed by atoms with Gasteiger partial charge < -0.3 is 9.47 Å². The maximum Gasteiger partial charge on any atom is 0.244 e. The lowest BCUT2D eigenvalue weighted by atomic mass is 10.2.